The van der Waals surface area contributed by atoms with E-state index in [1.807, 2.05) is 19.1 Å². The number of methoxy groups -OCH3 is 1. The lowest BCUT2D eigenvalue weighted by Gasteiger charge is -2.14. The molecule has 1 amide bonds. The van der Waals surface area contributed by atoms with E-state index in [0.29, 0.717) is 29.5 Å². The lowest BCUT2D eigenvalue weighted by atomic mass is 10.1. The van der Waals surface area contributed by atoms with Crippen molar-refractivity contribution in [1.82, 2.24) is 15.3 Å². The molecule has 0 spiro atoms. The molecule has 1 aliphatic carbocycles. The number of amides is 1. The van der Waals surface area contributed by atoms with Crippen LogP contribution in [0.1, 0.15) is 30.7 Å². The van der Waals surface area contributed by atoms with Crippen molar-refractivity contribution in [3.05, 3.63) is 46.3 Å². The molecule has 1 saturated carbocycles. The number of anilines is 2. The molecule has 3 aromatic rings. The van der Waals surface area contributed by atoms with E-state index < -0.39 is 21.9 Å². The van der Waals surface area contributed by atoms with Crippen LogP contribution in [-0.2, 0) is 14.8 Å². The van der Waals surface area contributed by atoms with Crippen molar-refractivity contribution in [3.8, 4) is 21.7 Å². The van der Waals surface area contributed by atoms with Gasteiger partial charge < -0.3 is 15.4 Å². The molecule has 3 N–H and O–H groups in total. The Kier molecular flexibility index (Phi) is 7.67. The van der Waals surface area contributed by atoms with Gasteiger partial charge in [-0.3, -0.25) is 4.72 Å². The Labute approximate surface area is 217 Å². The van der Waals surface area contributed by atoms with Gasteiger partial charge in [0.05, 0.1) is 39.7 Å². The standard InChI is InChI=1S/C23H25ClFN5O4S2/c1-12(28-23(31)34-2)11-27-18-8-14(6-7-26-18)21-20(29-22(35-21)13-4-5-13)16-9-15(25)10-17(19(16)24)30-36(3,32)33/h6-10,12-13,30H,4-5,11H2,1-3H3,(H,26,27)(H,28,31). The predicted molar refractivity (Wildman–Crippen MR) is 140 cm³/mol. The predicted octanol–water partition coefficient (Wildman–Crippen LogP) is 5.07. The molecule has 1 unspecified atom stereocenters. The first-order valence-electron chi connectivity index (χ1n) is 11.1. The quantitative estimate of drug-likeness (QED) is 0.338. The molecule has 36 heavy (non-hydrogen) atoms. The number of thiazole rings is 1. The maximum Gasteiger partial charge on any atom is 0.407 e. The Morgan fingerprint density at radius 3 is 2.75 bits per heavy atom. The molecule has 2 heterocycles. The van der Waals surface area contributed by atoms with Crippen LogP contribution in [0.5, 0.6) is 0 Å². The van der Waals surface area contributed by atoms with Crippen LogP contribution in [0.25, 0.3) is 21.7 Å². The van der Waals surface area contributed by atoms with Crippen LogP contribution in [0.4, 0.5) is 20.7 Å². The SMILES string of the molecule is COC(=O)NC(C)CNc1cc(-c2sc(C3CC3)nc2-c2cc(F)cc(NS(C)(=O)=O)c2Cl)ccn1. The summed E-state index contributed by atoms with van der Waals surface area (Å²) in [6.07, 6.45) is 4.14. The number of carbonyl (C=O) groups excluding carboxylic acids is 1. The van der Waals surface area contributed by atoms with Crippen molar-refractivity contribution in [2.24, 2.45) is 0 Å². The summed E-state index contributed by atoms with van der Waals surface area (Å²) < 4.78 is 45.0. The highest BCUT2D eigenvalue weighted by Crippen LogP contribution is 2.49. The van der Waals surface area contributed by atoms with E-state index in [2.05, 4.69) is 25.1 Å². The summed E-state index contributed by atoms with van der Waals surface area (Å²) in [5.41, 5.74) is 1.51. The summed E-state index contributed by atoms with van der Waals surface area (Å²) in [6, 6.07) is 5.74. The molecular weight excluding hydrogens is 529 g/mol. The Morgan fingerprint density at radius 2 is 2.08 bits per heavy atom. The van der Waals surface area contributed by atoms with E-state index in [9.17, 15) is 17.6 Å². The Bertz CT molecular complexity index is 1400. The number of pyridine rings is 1. The van der Waals surface area contributed by atoms with Crippen LogP contribution in [0.3, 0.4) is 0 Å². The summed E-state index contributed by atoms with van der Waals surface area (Å²) in [4.78, 5) is 21.3. The van der Waals surface area contributed by atoms with Gasteiger partial charge in [-0.2, -0.15) is 0 Å². The average molecular weight is 554 g/mol. The molecule has 0 bridgehead atoms. The van der Waals surface area contributed by atoms with Crippen molar-refractivity contribution in [3.63, 3.8) is 0 Å². The zero-order chi connectivity index (χ0) is 26.0. The van der Waals surface area contributed by atoms with Crippen molar-refractivity contribution in [1.29, 1.82) is 0 Å². The minimum absolute atomic E-state index is 0.0507. The molecule has 2 aromatic heterocycles. The van der Waals surface area contributed by atoms with Gasteiger partial charge in [0, 0.05) is 30.3 Å². The maximum atomic E-state index is 14.6. The van der Waals surface area contributed by atoms with Crippen LogP contribution >= 0.6 is 22.9 Å². The molecule has 13 heteroatoms. The number of benzene rings is 1. The van der Waals surface area contributed by atoms with Gasteiger partial charge in [-0.15, -0.1) is 11.3 Å². The average Bonchev–Trinajstić information content (AvgIpc) is 3.57. The number of aromatic nitrogens is 2. The third kappa shape index (κ3) is 6.42. The first kappa shape index (κ1) is 26.1. The highest BCUT2D eigenvalue weighted by Gasteiger charge is 2.30. The first-order valence-corrected chi connectivity index (χ1v) is 14.2. The largest absolute Gasteiger partial charge is 0.453 e. The molecule has 1 aliphatic rings. The van der Waals surface area contributed by atoms with E-state index in [1.54, 1.807) is 6.20 Å². The number of carbonyl (C=O) groups is 1. The second-order valence-corrected chi connectivity index (χ2v) is 11.7. The summed E-state index contributed by atoms with van der Waals surface area (Å²) in [5.74, 6) is 0.271. The number of hydrogen-bond donors (Lipinski definition) is 3. The normalized spacial score (nSPS) is 14.2. The zero-order valence-corrected chi connectivity index (χ0v) is 22.2. The van der Waals surface area contributed by atoms with Crippen LogP contribution in [-0.4, -0.2) is 50.4 Å². The lowest BCUT2D eigenvalue weighted by Crippen LogP contribution is -2.37. The molecule has 192 valence electrons. The van der Waals surface area contributed by atoms with E-state index in [0.717, 1.165) is 40.6 Å². The number of ether oxygens (including phenoxy) is 1. The summed E-state index contributed by atoms with van der Waals surface area (Å²) in [5, 5.41) is 6.83. The second-order valence-electron chi connectivity index (χ2n) is 8.54. The van der Waals surface area contributed by atoms with E-state index in [1.165, 1.54) is 24.5 Å². The molecule has 4 rings (SSSR count). The first-order chi connectivity index (χ1) is 17.0. The van der Waals surface area contributed by atoms with Gasteiger partial charge in [0.15, 0.2) is 0 Å². The van der Waals surface area contributed by atoms with Crippen LogP contribution < -0.4 is 15.4 Å². The second kappa shape index (κ2) is 10.6. The fraction of sp³-hybridized carbons (Fsp3) is 0.348. The van der Waals surface area contributed by atoms with Gasteiger partial charge in [0.1, 0.15) is 11.6 Å². The van der Waals surface area contributed by atoms with Gasteiger partial charge in [-0.25, -0.2) is 27.6 Å². The number of nitrogens with zero attached hydrogens (tertiary/aromatic N) is 2. The lowest BCUT2D eigenvalue weighted by molar-refractivity contribution is 0.168. The topological polar surface area (TPSA) is 122 Å². The van der Waals surface area contributed by atoms with Gasteiger partial charge in [0.2, 0.25) is 10.0 Å². The van der Waals surface area contributed by atoms with Crippen LogP contribution in [0.15, 0.2) is 30.5 Å². The molecule has 1 aromatic carbocycles. The van der Waals surface area contributed by atoms with E-state index >= 15 is 0 Å². The summed E-state index contributed by atoms with van der Waals surface area (Å²) in [6.45, 7) is 2.23. The van der Waals surface area contributed by atoms with Crippen molar-refractivity contribution >= 4 is 50.6 Å². The van der Waals surface area contributed by atoms with E-state index in [4.69, 9.17) is 16.6 Å². The maximum absolute atomic E-state index is 14.6. The summed E-state index contributed by atoms with van der Waals surface area (Å²) >= 11 is 8.05. The minimum Gasteiger partial charge on any atom is -0.453 e. The molecule has 0 saturated heterocycles. The van der Waals surface area contributed by atoms with Crippen molar-refractivity contribution in [2.75, 3.05) is 29.9 Å². The van der Waals surface area contributed by atoms with Gasteiger partial charge >= 0.3 is 6.09 Å². The number of sulfonamides is 1. The Balaban J connectivity index is 1.70. The van der Waals surface area contributed by atoms with Crippen molar-refractivity contribution < 1.29 is 22.3 Å². The Hall–Kier alpha value is -2.96. The minimum atomic E-state index is -3.67. The van der Waals surface area contributed by atoms with Crippen LogP contribution in [0, 0.1) is 5.82 Å². The van der Waals surface area contributed by atoms with E-state index in [-0.39, 0.29) is 16.8 Å². The number of alkyl carbamates (subject to hydrolysis) is 1. The van der Waals surface area contributed by atoms with Gasteiger partial charge in [0.25, 0.3) is 0 Å². The fourth-order valence-electron chi connectivity index (χ4n) is 3.49. The fourth-order valence-corrected chi connectivity index (χ4v) is 5.60. The molecule has 1 atom stereocenters. The molecule has 1 fully saturated rings. The van der Waals surface area contributed by atoms with Crippen LogP contribution in [0.2, 0.25) is 5.02 Å². The molecule has 9 nitrogen and oxygen atoms in total. The van der Waals surface area contributed by atoms with Gasteiger partial charge in [-0.05, 0) is 49.6 Å². The highest BCUT2D eigenvalue weighted by molar-refractivity contribution is 7.92. The van der Waals surface area contributed by atoms with Crippen molar-refractivity contribution in [2.45, 2.75) is 31.7 Å². The number of rotatable bonds is 9. The van der Waals surface area contributed by atoms with Gasteiger partial charge in [-0.1, -0.05) is 11.6 Å². The monoisotopic (exact) mass is 553 g/mol. The zero-order valence-electron chi connectivity index (χ0n) is 19.8. The number of halogens is 2. The molecular formula is C23H25ClFN5O4S2. The third-order valence-electron chi connectivity index (χ3n) is 5.32. The number of hydrogen-bond acceptors (Lipinski definition) is 8. The number of nitrogens with one attached hydrogen (secondary N) is 3. The smallest absolute Gasteiger partial charge is 0.407 e. The summed E-state index contributed by atoms with van der Waals surface area (Å²) in [7, 11) is -2.37. The highest BCUT2D eigenvalue weighted by atomic mass is 35.5. The molecule has 0 radical (unpaired) electrons. The molecule has 0 aliphatic heterocycles. The Morgan fingerprint density at radius 1 is 1.33 bits per heavy atom. The third-order valence-corrected chi connectivity index (χ3v) is 7.58.